The Hall–Kier alpha value is -0.790. The highest BCUT2D eigenvalue weighted by Gasteiger charge is 2.21. The van der Waals surface area contributed by atoms with Crippen molar-refractivity contribution < 1.29 is 0 Å². The third kappa shape index (κ3) is 0.753. The lowest BCUT2D eigenvalue weighted by Gasteiger charge is -2.25. The Bertz CT molecular complexity index is 223. The summed E-state index contributed by atoms with van der Waals surface area (Å²) in [4.78, 5) is 0. The molecule has 0 N–H and O–H groups in total. The van der Waals surface area contributed by atoms with Crippen molar-refractivity contribution >= 4 is 0 Å². The quantitative estimate of drug-likeness (QED) is 0.574. The van der Waals surface area contributed by atoms with Crippen LogP contribution in [0.5, 0.6) is 0 Å². The number of aryl methyl sites for hydroxylation is 1. The Morgan fingerprint density at radius 2 is 2.40 bits per heavy atom. The number of rotatable bonds is 1. The van der Waals surface area contributed by atoms with Crippen molar-refractivity contribution in [1.29, 1.82) is 0 Å². The summed E-state index contributed by atoms with van der Waals surface area (Å²) in [6.07, 6.45) is 6.00. The van der Waals surface area contributed by atoms with Crippen LogP contribution in [-0.2, 0) is 7.05 Å². The van der Waals surface area contributed by atoms with Gasteiger partial charge in [-0.1, -0.05) is 6.42 Å². The molecule has 0 bridgehead atoms. The van der Waals surface area contributed by atoms with Crippen LogP contribution in [0.1, 0.15) is 30.9 Å². The van der Waals surface area contributed by atoms with Gasteiger partial charge in [0.2, 0.25) is 0 Å². The van der Waals surface area contributed by atoms with E-state index in [4.69, 9.17) is 0 Å². The molecule has 54 valence electrons. The first-order valence-corrected chi connectivity index (χ1v) is 3.86. The van der Waals surface area contributed by atoms with Crippen LogP contribution in [0.25, 0.3) is 0 Å². The predicted octanol–water partition coefficient (Wildman–Crippen LogP) is 1.69. The van der Waals surface area contributed by atoms with Gasteiger partial charge in [0, 0.05) is 24.9 Å². The zero-order valence-corrected chi connectivity index (χ0v) is 6.25. The van der Waals surface area contributed by atoms with Crippen LogP contribution in [0, 0.1) is 0 Å². The van der Waals surface area contributed by atoms with Crippen molar-refractivity contribution in [2.75, 3.05) is 0 Å². The normalized spacial score (nSPS) is 18.9. The Morgan fingerprint density at radius 3 is 2.80 bits per heavy atom. The van der Waals surface area contributed by atoms with E-state index in [0.29, 0.717) is 0 Å². The molecule has 2 heteroatoms. The number of hydrogen-bond donors (Lipinski definition) is 0. The fourth-order valence-corrected chi connectivity index (χ4v) is 1.49. The molecule has 0 saturated heterocycles. The highest BCUT2D eigenvalue weighted by atomic mass is 15.3. The zero-order valence-electron chi connectivity index (χ0n) is 6.25. The van der Waals surface area contributed by atoms with Crippen LogP contribution in [0.4, 0.5) is 0 Å². The summed E-state index contributed by atoms with van der Waals surface area (Å²) < 4.78 is 1.99. The third-order valence-corrected chi connectivity index (χ3v) is 2.38. The molecule has 0 spiro atoms. The van der Waals surface area contributed by atoms with Crippen molar-refractivity contribution in [2.45, 2.75) is 25.2 Å². The summed E-state index contributed by atoms with van der Waals surface area (Å²) in [5, 5.41) is 4.14. The number of aromatic nitrogens is 2. The van der Waals surface area contributed by atoms with Gasteiger partial charge in [-0.25, -0.2) is 0 Å². The largest absolute Gasteiger partial charge is 0.272 e. The van der Waals surface area contributed by atoms with Crippen LogP contribution in [0.15, 0.2) is 12.3 Å². The molecule has 0 atom stereocenters. The fraction of sp³-hybridized carbons (Fsp3) is 0.625. The maximum Gasteiger partial charge on any atom is 0.0492 e. The molecule has 0 aromatic carbocycles. The molecule has 10 heavy (non-hydrogen) atoms. The van der Waals surface area contributed by atoms with Crippen molar-refractivity contribution in [3.05, 3.63) is 18.0 Å². The fourth-order valence-electron chi connectivity index (χ4n) is 1.49. The monoisotopic (exact) mass is 136 g/mol. The first-order chi connectivity index (χ1) is 4.88. The molecule has 2 rings (SSSR count). The van der Waals surface area contributed by atoms with Crippen LogP contribution in [0.3, 0.4) is 0 Å². The van der Waals surface area contributed by atoms with Gasteiger partial charge in [-0.2, -0.15) is 5.10 Å². The molecular formula is C8H12N2. The van der Waals surface area contributed by atoms with Crippen LogP contribution in [-0.4, -0.2) is 9.78 Å². The SMILES string of the molecule is Cn1nccc1C1CCC1. The van der Waals surface area contributed by atoms with Gasteiger partial charge in [0.1, 0.15) is 0 Å². The predicted molar refractivity (Wildman–Crippen MR) is 39.8 cm³/mol. The molecule has 1 fully saturated rings. The van der Waals surface area contributed by atoms with Gasteiger partial charge in [0.25, 0.3) is 0 Å². The van der Waals surface area contributed by atoms with E-state index < -0.39 is 0 Å². The first-order valence-electron chi connectivity index (χ1n) is 3.86. The summed E-state index contributed by atoms with van der Waals surface area (Å²) in [5.74, 6) is 0.812. The van der Waals surface area contributed by atoms with E-state index in [1.165, 1.54) is 25.0 Å². The Labute approximate surface area is 60.9 Å². The molecule has 0 unspecified atom stereocenters. The lowest BCUT2D eigenvalue weighted by Crippen LogP contribution is -2.12. The number of hydrogen-bond acceptors (Lipinski definition) is 1. The molecule has 0 aliphatic heterocycles. The molecule has 1 aromatic heterocycles. The second kappa shape index (κ2) is 2.11. The maximum absolute atomic E-state index is 4.14. The summed E-state index contributed by atoms with van der Waals surface area (Å²) in [7, 11) is 2.02. The van der Waals surface area contributed by atoms with Gasteiger partial charge in [-0.15, -0.1) is 0 Å². The van der Waals surface area contributed by atoms with E-state index in [1.807, 2.05) is 17.9 Å². The van der Waals surface area contributed by atoms with Gasteiger partial charge in [0.15, 0.2) is 0 Å². The molecule has 1 heterocycles. The maximum atomic E-state index is 4.14. The van der Waals surface area contributed by atoms with Crippen molar-refractivity contribution in [3.8, 4) is 0 Å². The van der Waals surface area contributed by atoms with Crippen molar-refractivity contribution in [1.82, 2.24) is 9.78 Å². The summed E-state index contributed by atoms with van der Waals surface area (Å²) in [5.41, 5.74) is 1.41. The minimum atomic E-state index is 0.812. The Balaban J connectivity index is 2.23. The Morgan fingerprint density at radius 1 is 1.60 bits per heavy atom. The van der Waals surface area contributed by atoms with E-state index >= 15 is 0 Å². The van der Waals surface area contributed by atoms with Crippen molar-refractivity contribution in [2.24, 2.45) is 7.05 Å². The molecule has 1 aliphatic rings. The van der Waals surface area contributed by atoms with E-state index in [9.17, 15) is 0 Å². The number of nitrogens with zero attached hydrogens (tertiary/aromatic N) is 2. The summed E-state index contributed by atoms with van der Waals surface area (Å²) in [6.45, 7) is 0. The lowest BCUT2D eigenvalue weighted by atomic mass is 9.83. The average molecular weight is 136 g/mol. The van der Waals surface area contributed by atoms with Crippen LogP contribution >= 0.6 is 0 Å². The summed E-state index contributed by atoms with van der Waals surface area (Å²) in [6, 6.07) is 2.13. The van der Waals surface area contributed by atoms with E-state index in [2.05, 4.69) is 11.2 Å². The zero-order chi connectivity index (χ0) is 6.97. The smallest absolute Gasteiger partial charge is 0.0492 e. The molecule has 1 aromatic rings. The van der Waals surface area contributed by atoms with E-state index in [1.54, 1.807) is 0 Å². The van der Waals surface area contributed by atoms with Crippen LogP contribution in [0.2, 0.25) is 0 Å². The second-order valence-corrected chi connectivity index (χ2v) is 3.01. The average Bonchev–Trinajstić information content (AvgIpc) is 2.12. The molecule has 2 nitrogen and oxygen atoms in total. The highest BCUT2D eigenvalue weighted by molar-refractivity contribution is 5.10. The lowest BCUT2D eigenvalue weighted by molar-refractivity contribution is 0.397. The van der Waals surface area contributed by atoms with E-state index in [-0.39, 0.29) is 0 Å². The third-order valence-electron chi connectivity index (χ3n) is 2.38. The summed E-state index contributed by atoms with van der Waals surface area (Å²) >= 11 is 0. The second-order valence-electron chi connectivity index (χ2n) is 3.01. The molecule has 1 aliphatic carbocycles. The minimum Gasteiger partial charge on any atom is -0.272 e. The molecule has 0 amide bonds. The highest BCUT2D eigenvalue weighted by Crippen LogP contribution is 2.35. The Kier molecular flexibility index (Phi) is 1.26. The first kappa shape index (κ1) is 5.96. The van der Waals surface area contributed by atoms with Gasteiger partial charge < -0.3 is 0 Å². The van der Waals surface area contributed by atoms with Gasteiger partial charge >= 0.3 is 0 Å². The molecular weight excluding hydrogens is 124 g/mol. The van der Waals surface area contributed by atoms with E-state index in [0.717, 1.165) is 5.92 Å². The standard InChI is InChI=1S/C8H12N2/c1-10-8(5-6-9-10)7-3-2-4-7/h5-7H,2-4H2,1H3. The minimum absolute atomic E-state index is 0.812. The van der Waals surface area contributed by atoms with Gasteiger partial charge in [-0.05, 0) is 18.9 Å². The van der Waals surface area contributed by atoms with Crippen LogP contribution < -0.4 is 0 Å². The van der Waals surface area contributed by atoms with Gasteiger partial charge in [-0.3, -0.25) is 4.68 Å². The van der Waals surface area contributed by atoms with Gasteiger partial charge in [0.05, 0.1) is 0 Å². The van der Waals surface area contributed by atoms with Crippen molar-refractivity contribution in [3.63, 3.8) is 0 Å². The molecule has 0 radical (unpaired) electrons. The molecule has 1 saturated carbocycles. The topological polar surface area (TPSA) is 17.8 Å².